The zero-order valence-electron chi connectivity index (χ0n) is 30.8. The van der Waals surface area contributed by atoms with Gasteiger partial charge in [-0.25, -0.2) is 4.79 Å². The number of halogens is 2. The molecule has 1 aliphatic heterocycles. The second-order valence-electron chi connectivity index (χ2n) is 14.0. The van der Waals surface area contributed by atoms with Gasteiger partial charge in [-0.05, 0) is 90.6 Å². The zero-order valence-corrected chi connectivity index (χ0v) is 32.3. The Hall–Kier alpha value is -5.65. The number of carbonyl (C=O) groups is 5. The number of ether oxygens (including phenoxy) is 1. The van der Waals surface area contributed by atoms with Crippen LogP contribution in [0.3, 0.4) is 0 Å². The van der Waals surface area contributed by atoms with Gasteiger partial charge in [0.15, 0.2) is 6.61 Å². The fourth-order valence-corrected chi connectivity index (χ4v) is 7.66. The van der Waals surface area contributed by atoms with Crippen LogP contribution in [0.2, 0.25) is 10.0 Å². The van der Waals surface area contributed by atoms with Crippen LogP contribution >= 0.6 is 23.2 Å². The van der Waals surface area contributed by atoms with Crippen LogP contribution in [0.1, 0.15) is 61.9 Å². The van der Waals surface area contributed by atoms with Crippen LogP contribution < -0.4 is 20.3 Å². The monoisotopic (exact) mass is 796 g/mol. The molecule has 3 N–H and O–H groups in total. The molecule has 1 saturated carbocycles. The van der Waals surface area contributed by atoms with E-state index in [4.69, 9.17) is 27.9 Å². The van der Waals surface area contributed by atoms with Gasteiger partial charge >= 0.3 is 5.97 Å². The van der Waals surface area contributed by atoms with Gasteiger partial charge in [-0.3, -0.25) is 24.1 Å². The maximum Gasteiger partial charge on any atom is 0.352 e. The first-order valence-corrected chi connectivity index (χ1v) is 19.1. The molecule has 1 saturated heterocycles. The van der Waals surface area contributed by atoms with E-state index in [1.54, 1.807) is 94.7 Å². The third-order valence-corrected chi connectivity index (χ3v) is 10.8. The van der Waals surface area contributed by atoms with E-state index in [0.29, 0.717) is 58.4 Å². The van der Waals surface area contributed by atoms with Gasteiger partial charge in [0.1, 0.15) is 23.7 Å². The van der Waals surface area contributed by atoms with E-state index >= 15 is 0 Å². The van der Waals surface area contributed by atoms with Crippen molar-refractivity contribution in [3.63, 3.8) is 0 Å². The highest BCUT2D eigenvalue weighted by atomic mass is 35.5. The van der Waals surface area contributed by atoms with Gasteiger partial charge in [0, 0.05) is 35.6 Å². The van der Waals surface area contributed by atoms with Crippen LogP contribution in [-0.2, 0) is 30.4 Å². The fraction of sp³-hybridized carbons (Fsp3) is 0.279. The van der Waals surface area contributed by atoms with E-state index in [9.17, 15) is 29.1 Å². The molecule has 56 heavy (non-hydrogen) atoms. The number of amides is 4. The number of nitrogens with one attached hydrogen (secondary N) is 2. The lowest BCUT2D eigenvalue weighted by atomic mass is 9.81. The second-order valence-corrected chi connectivity index (χ2v) is 14.9. The molecule has 0 radical (unpaired) electrons. The smallest absolute Gasteiger partial charge is 0.352 e. The largest absolute Gasteiger partial charge is 0.484 e. The number of nitrogens with zero attached hydrogens (tertiary/aromatic N) is 2. The molecule has 2 atom stereocenters. The first-order chi connectivity index (χ1) is 26.9. The van der Waals surface area contributed by atoms with Crippen LogP contribution in [0.25, 0.3) is 6.08 Å². The molecule has 4 aromatic rings. The summed E-state index contributed by atoms with van der Waals surface area (Å²) in [6.07, 6.45) is 3.92. The zero-order chi connectivity index (χ0) is 39.8. The van der Waals surface area contributed by atoms with Gasteiger partial charge in [0.05, 0.1) is 5.41 Å². The summed E-state index contributed by atoms with van der Waals surface area (Å²) in [7, 11) is 0. The number of benzene rings is 4. The number of carbonyl (C=O) groups excluding carboxylic acids is 4. The number of anilines is 1. The maximum absolute atomic E-state index is 14.6. The van der Waals surface area contributed by atoms with E-state index in [-0.39, 0.29) is 30.5 Å². The van der Waals surface area contributed by atoms with Gasteiger partial charge in [-0.2, -0.15) is 0 Å². The Morgan fingerprint density at radius 2 is 1.50 bits per heavy atom. The normalized spacial score (nSPS) is 17.8. The Morgan fingerprint density at radius 1 is 0.875 bits per heavy atom. The highest BCUT2D eigenvalue weighted by Gasteiger charge is 2.50. The maximum atomic E-state index is 14.6. The molecule has 0 bridgehead atoms. The number of hydrogen-bond acceptors (Lipinski definition) is 6. The molecular weight excluding hydrogens is 755 g/mol. The average Bonchev–Trinajstić information content (AvgIpc) is 3.78. The molecule has 13 heteroatoms. The van der Waals surface area contributed by atoms with Gasteiger partial charge in [-0.1, -0.05) is 90.6 Å². The standard InChI is InChI=1S/C43H42Cl2N4O7/c1-28(50)46-24-23-43(21-5-6-22-43)42(55)47-36(41(53)54)25-29-11-19-34(20-12-29)48-39(31-13-17-33(45)18-14-31)49(38(51)27-56-35-7-3-2-4-8-35)37(40(48)52)26-30-9-15-32(44)16-10-30/h2-4,7-20,25,37,39H,5-6,21-24,26-27H2,1H3,(H,46,50)(H,47,55)(H,53,54)/b36-25-. The third-order valence-electron chi connectivity index (χ3n) is 10.3. The summed E-state index contributed by atoms with van der Waals surface area (Å²) in [6, 6.07) is 28.7. The van der Waals surface area contributed by atoms with Gasteiger partial charge < -0.3 is 25.4 Å². The molecule has 0 aromatic heterocycles. The highest BCUT2D eigenvalue weighted by molar-refractivity contribution is 6.30. The van der Waals surface area contributed by atoms with E-state index in [2.05, 4.69) is 10.6 Å². The van der Waals surface area contributed by atoms with E-state index < -0.39 is 35.4 Å². The van der Waals surface area contributed by atoms with Crippen LogP contribution in [0.15, 0.2) is 109 Å². The molecule has 1 aliphatic carbocycles. The van der Waals surface area contributed by atoms with Crippen molar-refractivity contribution in [2.75, 3.05) is 18.1 Å². The SMILES string of the molecule is CC(=O)NCCC1(C(=O)N/C(=C\c2ccc(N3C(=O)C(Cc4ccc(Cl)cc4)N(C(=O)COc4ccccc4)C3c3ccc(Cl)cc3)cc2)C(=O)O)CCCC1. The topological polar surface area (TPSA) is 145 Å². The van der Waals surface area contributed by atoms with Crippen LogP contribution in [0.5, 0.6) is 5.75 Å². The van der Waals surface area contributed by atoms with Crippen molar-refractivity contribution < 1.29 is 33.8 Å². The predicted molar refractivity (Wildman–Crippen MR) is 214 cm³/mol. The lowest BCUT2D eigenvalue weighted by Crippen LogP contribution is -2.43. The van der Waals surface area contributed by atoms with Crippen LogP contribution in [-0.4, -0.2) is 58.8 Å². The summed E-state index contributed by atoms with van der Waals surface area (Å²) in [5.74, 6) is -2.15. The van der Waals surface area contributed by atoms with Crippen molar-refractivity contribution in [1.29, 1.82) is 0 Å². The van der Waals surface area contributed by atoms with E-state index in [0.717, 1.165) is 18.4 Å². The summed E-state index contributed by atoms with van der Waals surface area (Å²) in [5, 5.41) is 16.5. The quantitative estimate of drug-likeness (QED) is 0.115. The first-order valence-electron chi connectivity index (χ1n) is 18.4. The molecule has 2 aliphatic rings. The summed E-state index contributed by atoms with van der Waals surface area (Å²) < 4.78 is 5.88. The molecule has 4 amide bonds. The molecule has 4 aromatic carbocycles. The Morgan fingerprint density at radius 3 is 2.11 bits per heavy atom. The Balaban J connectivity index is 1.32. The van der Waals surface area contributed by atoms with Crippen molar-refractivity contribution >= 4 is 64.6 Å². The summed E-state index contributed by atoms with van der Waals surface area (Å²) in [4.78, 5) is 69.4. The number of hydrogen-bond donors (Lipinski definition) is 3. The number of aliphatic carboxylic acids is 1. The number of carboxylic acid groups (broad SMARTS) is 1. The molecule has 11 nitrogen and oxygen atoms in total. The molecule has 290 valence electrons. The molecule has 6 rings (SSSR count). The Bertz CT molecular complexity index is 2090. The number of rotatable bonds is 14. The van der Waals surface area contributed by atoms with Gasteiger partial charge in [0.25, 0.3) is 11.8 Å². The van der Waals surface area contributed by atoms with Crippen molar-refractivity contribution in [1.82, 2.24) is 15.5 Å². The molecule has 2 fully saturated rings. The van der Waals surface area contributed by atoms with Crippen LogP contribution in [0, 0.1) is 5.41 Å². The molecular formula is C43H42Cl2N4O7. The van der Waals surface area contributed by atoms with Gasteiger partial charge in [0.2, 0.25) is 11.8 Å². The van der Waals surface area contributed by atoms with Crippen LogP contribution in [0.4, 0.5) is 5.69 Å². The Kier molecular flexibility index (Phi) is 12.8. The minimum Gasteiger partial charge on any atom is -0.484 e. The Labute approximate surface area is 335 Å². The minimum absolute atomic E-state index is 0.197. The number of para-hydroxylation sites is 1. The first kappa shape index (κ1) is 40.0. The van der Waals surface area contributed by atoms with Crippen molar-refractivity contribution in [3.05, 3.63) is 136 Å². The van der Waals surface area contributed by atoms with Crippen molar-refractivity contribution in [2.45, 2.75) is 57.7 Å². The molecule has 2 unspecified atom stereocenters. The summed E-state index contributed by atoms with van der Waals surface area (Å²) in [6.45, 7) is 1.40. The molecule has 1 heterocycles. The van der Waals surface area contributed by atoms with E-state index in [1.807, 2.05) is 18.2 Å². The second kappa shape index (κ2) is 17.9. The molecule has 0 spiro atoms. The van der Waals surface area contributed by atoms with Gasteiger partial charge in [-0.15, -0.1) is 0 Å². The lowest BCUT2D eigenvalue weighted by Gasteiger charge is -2.32. The summed E-state index contributed by atoms with van der Waals surface area (Å²) in [5.41, 5.74) is 1.25. The fourth-order valence-electron chi connectivity index (χ4n) is 7.41. The van der Waals surface area contributed by atoms with Crippen molar-refractivity contribution in [3.8, 4) is 5.75 Å². The minimum atomic E-state index is -1.31. The third kappa shape index (κ3) is 9.41. The average molecular weight is 798 g/mol. The predicted octanol–water partition coefficient (Wildman–Crippen LogP) is 7.19. The lowest BCUT2D eigenvalue weighted by molar-refractivity contribution is -0.138. The van der Waals surface area contributed by atoms with E-state index in [1.165, 1.54) is 13.0 Å². The summed E-state index contributed by atoms with van der Waals surface area (Å²) >= 11 is 12.4. The number of carboxylic acids is 1. The highest BCUT2D eigenvalue weighted by Crippen LogP contribution is 2.42. The van der Waals surface area contributed by atoms with Crippen molar-refractivity contribution in [2.24, 2.45) is 5.41 Å².